The average Bonchev–Trinajstić information content (AvgIpc) is 3.48. The second-order valence-corrected chi connectivity index (χ2v) is 9.24. The topological polar surface area (TPSA) is 106 Å². The molecular formula is C23H25F6N7O2. The van der Waals surface area contributed by atoms with Crippen LogP contribution in [0.4, 0.5) is 26.3 Å². The van der Waals surface area contributed by atoms with E-state index in [4.69, 9.17) is 0 Å². The highest BCUT2D eigenvalue weighted by molar-refractivity contribution is 5.94. The summed E-state index contributed by atoms with van der Waals surface area (Å²) in [7, 11) is 0. The molecule has 2 N–H and O–H groups in total. The molecule has 1 atom stereocenters. The summed E-state index contributed by atoms with van der Waals surface area (Å²) >= 11 is 0. The summed E-state index contributed by atoms with van der Waals surface area (Å²) in [5, 5.41) is 13.5. The average molecular weight is 545 g/mol. The number of halogens is 6. The number of rotatable bonds is 10. The first-order valence-corrected chi connectivity index (χ1v) is 11.9. The maximum absolute atomic E-state index is 12.6. The van der Waals surface area contributed by atoms with Crippen LogP contribution in [0, 0.1) is 12.8 Å². The third kappa shape index (κ3) is 7.22. The number of imidazole rings is 1. The smallest absolute Gasteiger partial charge is 0.349 e. The van der Waals surface area contributed by atoms with Crippen molar-refractivity contribution in [1.29, 1.82) is 0 Å². The van der Waals surface area contributed by atoms with Crippen molar-refractivity contribution < 1.29 is 35.9 Å². The van der Waals surface area contributed by atoms with E-state index in [1.807, 2.05) is 0 Å². The van der Waals surface area contributed by atoms with Crippen molar-refractivity contribution in [3.05, 3.63) is 47.2 Å². The molecule has 9 nitrogen and oxygen atoms in total. The summed E-state index contributed by atoms with van der Waals surface area (Å²) in [6.45, 7) is 1.12. The number of fused-ring (bicyclic) bond motifs is 1. The Morgan fingerprint density at radius 1 is 1.08 bits per heavy atom. The lowest BCUT2D eigenvalue weighted by atomic mass is 10.0. The first kappa shape index (κ1) is 27.4. The Kier molecular flexibility index (Phi) is 7.65. The molecule has 0 spiro atoms. The molecule has 1 aliphatic carbocycles. The minimum Gasteiger partial charge on any atom is -0.349 e. The highest BCUT2D eigenvalue weighted by Gasteiger charge is 2.35. The van der Waals surface area contributed by atoms with E-state index < -0.39 is 56.0 Å². The molecule has 1 aliphatic rings. The molecule has 3 aromatic rings. The van der Waals surface area contributed by atoms with Gasteiger partial charge in [0.25, 0.3) is 5.91 Å². The van der Waals surface area contributed by atoms with Gasteiger partial charge in [-0.2, -0.15) is 36.5 Å². The highest BCUT2D eigenvalue weighted by Crippen LogP contribution is 2.41. The largest absolute Gasteiger partial charge is 0.390 e. The molecular weight excluding hydrogens is 520 g/mol. The Bertz CT molecular complexity index is 1310. The van der Waals surface area contributed by atoms with Crippen LogP contribution in [-0.2, 0) is 17.9 Å². The van der Waals surface area contributed by atoms with Crippen LogP contribution in [0.2, 0.25) is 0 Å². The van der Waals surface area contributed by atoms with Gasteiger partial charge in [-0.3, -0.25) is 14.3 Å². The molecule has 0 radical (unpaired) electrons. The summed E-state index contributed by atoms with van der Waals surface area (Å²) in [5.41, 5.74) is 1.92. The van der Waals surface area contributed by atoms with E-state index in [2.05, 4.69) is 25.8 Å². The predicted molar refractivity (Wildman–Crippen MR) is 121 cm³/mol. The zero-order chi connectivity index (χ0) is 27.7. The summed E-state index contributed by atoms with van der Waals surface area (Å²) in [6.07, 6.45) is -5.72. The summed E-state index contributed by atoms with van der Waals surface area (Å²) in [5.74, 6) is -1.12. The minimum atomic E-state index is -4.42. The predicted octanol–water partition coefficient (Wildman–Crippen LogP) is 4.03. The van der Waals surface area contributed by atoms with Crippen molar-refractivity contribution in [2.24, 2.45) is 5.92 Å². The van der Waals surface area contributed by atoms with Gasteiger partial charge in [-0.25, -0.2) is 9.50 Å². The second kappa shape index (κ2) is 10.6. The van der Waals surface area contributed by atoms with Gasteiger partial charge in [0.1, 0.15) is 0 Å². The van der Waals surface area contributed by atoms with Gasteiger partial charge in [-0.05, 0) is 37.3 Å². The van der Waals surface area contributed by atoms with Gasteiger partial charge in [0.15, 0.2) is 5.65 Å². The molecule has 0 saturated heterocycles. The van der Waals surface area contributed by atoms with Crippen LogP contribution < -0.4 is 10.6 Å². The molecule has 38 heavy (non-hydrogen) atoms. The van der Waals surface area contributed by atoms with Crippen molar-refractivity contribution in [2.75, 3.05) is 0 Å². The van der Waals surface area contributed by atoms with Gasteiger partial charge in [-0.1, -0.05) is 0 Å². The van der Waals surface area contributed by atoms with Crippen molar-refractivity contribution >= 4 is 17.5 Å². The van der Waals surface area contributed by atoms with Gasteiger partial charge in [0.2, 0.25) is 5.91 Å². The second-order valence-electron chi connectivity index (χ2n) is 9.24. The Balaban J connectivity index is 1.39. The quantitative estimate of drug-likeness (QED) is 0.375. The maximum atomic E-state index is 12.6. The Hall–Kier alpha value is -3.65. The molecule has 3 aromatic heterocycles. The zero-order valence-corrected chi connectivity index (χ0v) is 20.2. The standard InChI is InChI=1S/C23H25F6N7O2/c1-13-17(11-32-35(13)7-6-23(27,28)29)21(38)30-10-16-12-36-18(33-16)8-15(9-31-36)20(14-2-3-14)34-19(37)4-5-22(24,25)26/h8-9,11-12,14,20H,2-7,10H2,1H3,(H,30,38)(H,34,37). The van der Waals surface area contributed by atoms with Gasteiger partial charge < -0.3 is 10.6 Å². The fourth-order valence-electron chi connectivity index (χ4n) is 3.99. The van der Waals surface area contributed by atoms with Crippen LogP contribution in [-0.4, -0.2) is 48.5 Å². The maximum Gasteiger partial charge on any atom is 0.390 e. The monoisotopic (exact) mass is 545 g/mol. The highest BCUT2D eigenvalue weighted by atomic mass is 19.4. The third-order valence-corrected chi connectivity index (χ3v) is 6.18. The lowest BCUT2D eigenvalue weighted by molar-refractivity contribution is -0.144. The fraction of sp³-hybridized carbons (Fsp3) is 0.522. The lowest BCUT2D eigenvalue weighted by Crippen LogP contribution is -2.30. The molecule has 1 saturated carbocycles. The molecule has 1 unspecified atom stereocenters. The minimum absolute atomic E-state index is 0.00489. The number of nitrogens with one attached hydrogen (secondary N) is 2. The molecule has 2 amide bonds. The molecule has 206 valence electrons. The van der Waals surface area contributed by atoms with Gasteiger partial charge in [0, 0.05) is 18.7 Å². The van der Waals surface area contributed by atoms with E-state index >= 15 is 0 Å². The lowest BCUT2D eigenvalue weighted by Gasteiger charge is -2.19. The van der Waals surface area contributed by atoms with E-state index in [9.17, 15) is 35.9 Å². The molecule has 0 aliphatic heterocycles. The Labute approximate surface area is 212 Å². The van der Waals surface area contributed by atoms with Crippen molar-refractivity contribution in [1.82, 2.24) is 35.0 Å². The number of carbonyl (C=O) groups is 2. The molecule has 3 heterocycles. The number of nitrogens with zero attached hydrogens (tertiary/aromatic N) is 5. The number of hydrogen-bond donors (Lipinski definition) is 2. The Morgan fingerprint density at radius 3 is 2.45 bits per heavy atom. The number of aromatic nitrogens is 5. The van der Waals surface area contributed by atoms with Gasteiger partial charge in [-0.15, -0.1) is 0 Å². The molecule has 1 fully saturated rings. The molecule has 0 aromatic carbocycles. The first-order chi connectivity index (χ1) is 17.8. The van der Waals surface area contributed by atoms with Crippen LogP contribution >= 0.6 is 0 Å². The van der Waals surface area contributed by atoms with Gasteiger partial charge in [0.05, 0.1) is 55.3 Å². The zero-order valence-electron chi connectivity index (χ0n) is 20.2. The normalized spacial score (nSPS) is 15.0. The van der Waals surface area contributed by atoms with Crippen LogP contribution in [0.15, 0.2) is 24.7 Å². The van der Waals surface area contributed by atoms with E-state index in [1.165, 1.54) is 23.8 Å². The van der Waals surface area contributed by atoms with E-state index in [1.54, 1.807) is 12.3 Å². The summed E-state index contributed by atoms with van der Waals surface area (Å²) < 4.78 is 77.4. The number of carbonyl (C=O) groups excluding carboxylic acids is 2. The third-order valence-electron chi connectivity index (χ3n) is 6.18. The number of hydrogen-bond acceptors (Lipinski definition) is 5. The number of amides is 2. The SMILES string of the molecule is Cc1c(C(=O)NCc2cn3ncc(C(NC(=O)CCC(F)(F)F)C4CC4)cc3n2)cnn1CCC(F)(F)F. The molecule has 15 heteroatoms. The Morgan fingerprint density at radius 2 is 1.79 bits per heavy atom. The number of aryl methyl sites for hydroxylation is 1. The van der Waals surface area contributed by atoms with Crippen molar-refractivity contribution in [2.45, 2.75) is 70.5 Å². The fourth-order valence-corrected chi connectivity index (χ4v) is 3.99. The van der Waals surface area contributed by atoms with Gasteiger partial charge >= 0.3 is 12.4 Å². The van der Waals surface area contributed by atoms with Crippen molar-refractivity contribution in [3.63, 3.8) is 0 Å². The summed E-state index contributed by atoms with van der Waals surface area (Å²) in [4.78, 5) is 29.1. The number of alkyl halides is 6. The first-order valence-electron chi connectivity index (χ1n) is 11.9. The summed E-state index contributed by atoms with van der Waals surface area (Å²) in [6, 6.07) is 1.20. The molecule has 4 rings (SSSR count). The van der Waals surface area contributed by atoms with Crippen LogP contribution in [0.1, 0.15) is 65.5 Å². The van der Waals surface area contributed by atoms with Crippen LogP contribution in [0.25, 0.3) is 5.65 Å². The molecule has 0 bridgehead atoms. The van der Waals surface area contributed by atoms with Crippen molar-refractivity contribution in [3.8, 4) is 0 Å². The van der Waals surface area contributed by atoms with E-state index in [0.717, 1.165) is 17.5 Å². The van der Waals surface area contributed by atoms with E-state index in [0.29, 0.717) is 22.6 Å². The van der Waals surface area contributed by atoms with Crippen LogP contribution in [0.3, 0.4) is 0 Å². The van der Waals surface area contributed by atoms with Crippen LogP contribution in [0.5, 0.6) is 0 Å². The van der Waals surface area contributed by atoms with E-state index in [-0.39, 0.29) is 18.0 Å².